The molecule has 31 heavy (non-hydrogen) atoms. The summed E-state index contributed by atoms with van der Waals surface area (Å²) in [4.78, 5) is 37.4. The number of aromatic hydroxyl groups is 1. The molecule has 9 N–H and O–H groups in total. The number of phenols is 1. The molecule has 1 aromatic carbocycles. The maximum atomic E-state index is 13.3. The molecule has 0 bridgehead atoms. The Kier molecular flexibility index (Phi) is 4.64. The molecular weight excluding hydrogens is 432 g/mol. The van der Waals surface area contributed by atoms with E-state index in [1.165, 1.54) is 6.07 Å². The number of hydrogen-bond donors (Lipinski definition) is 7. The maximum absolute atomic E-state index is 13.3. The number of carbonyl (C=O) groups excluding carboxylic acids is 3. The SMILES string of the molecule is C[C@@H]1c2cc(Cl)c(N)c(O)c2C(=O)C2C1[C@H](O)C1CC(=O)C(C(N)=O)=C(O)C1(O)C2O. The second-order valence-corrected chi connectivity index (χ2v) is 8.83. The molecule has 0 spiro atoms. The molecule has 1 saturated carbocycles. The largest absolute Gasteiger partial charge is 0.508 e. The lowest BCUT2D eigenvalue weighted by Gasteiger charge is -2.56. The average molecular weight is 453 g/mol. The first-order valence-corrected chi connectivity index (χ1v) is 9.93. The van der Waals surface area contributed by atoms with E-state index < -0.39 is 82.5 Å². The van der Waals surface area contributed by atoms with Crippen LogP contribution in [-0.4, -0.2) is 60.8 Å². The van der Waals surface area contributed by atoms with E-state index in [2.05, 4.69) is 0 Å². The second kappa shape index (κ2) is 6.67. The first kappa shape index (κ1) is 21.6. The van der Waals surface area contributed by atoms with E-state index in [1.807, 2.05) is 0 Å². The van der Waals surface area contributed by atoms with Crippen LogP contribution in [0.5, 0.6) is 5.75 Å². The number of fused-ring (bicyclic) bond motifs is 3. The molecule has 1 amide bonds. The van der Waals surface area contributed by atoms with Crippen molar-refractivity contribution in [1.82, 2.24) is 0 Å². The van der Waals surface area contributed by atoms with Gasteiger partial charge in [0.25, 0.3) is 5.91 Å². The number of Topliss-reactive ketones (excluding diaryl/α,β-unsaturated/α-hetero) is 2. The molecule has 11 heteroatoms. The van der Waals surface area contributed by atoms with Gasteiger partial charge in [0.15, 0.2) is 22.9 Å². The number of aliphatic hydroxyl groups excluding tert-OH is 3. The van der Waals surface area contributed by atoms with E-state index in [9.17, 15) is 39.9 Å². The minimum Gasteiger partial charge on any atom is -0.508 e. The van der Waals surface area contributed by atoms with Crippen molar-refractivity contribution in [2.24, 2.45) is 23.5 Å². The molecule has 0 aliphatic heterocycles. The van der Waals surface area contributed by atoms with Crippen molar-refractivity contribution >= 4 is 34.8 Å². The summed E-state index contributed by atoms with van der Waals surface area (Å²) in [5.41, 5.74) is 7.14. The van der Waals surface area contributed by atoms with Gasteiger partial charge < -0.3 is 37.0 Å². The van der Waals surface area contributed by atoms with Gasteiger partial charge in [-0.1, -0.05) is 18.5 Å². The average Bonchev–Trinajstić information content (AvgIpc) is 2.69. The van der Waals surface area contributed by atoms with Gasteiger partial charge in [0, 0.05) is 18.3 Å². The summed E-state index contributed by atoms with van der Waals surface area (Å²) in [5.74, 6) is -9.36. The Morgan fingerprint density at radius 3 is 2.45 bits per heavy atom. The van der Waals surface area contributed by atoms with Crippen molar-refractivity contribution in [3.8, 4) is 5.75 Å². The van der Waals surface area contributed by atoms with Crippen molar-refractivity contribution in [2.75, 3.05) is 5.73 Å². The highest BCUT2D eigenvalue weighted by atomic mass is 35.5. The lowest BCUT2D eigenvalue weighted by molar-refractivity contribution is -0.209. The fourth-order valence-electron chi connectivity index (χ4n) is 5.51. The molecule has 0 saturated heterocycles. The monoisotopic (exact) mass is 452 g/mol. The van der Waals surface area contributed by atoms with E-state index in [-0.39, 0.29) is 16.3 Å². The number of nitrogens with two attached hydrogens (primary N) is 2. The predicted molar refractivity (Wildman–Crippen MR) is 106 cm³/mol. The lowest BCUT2D eigenvalue weighted by atomic mass is 9.51. The zero-order chi connectivity index (χ0) is 23.2. The summed E-state index contributed by atoms with van der Waals surface area (Å²) in [6.07, 6.45) is -4.14. The number of carbonyl (C=O) groups is 3. The number of amides is 1. The number of primary amides is 1. The molecule has 0 aromatic heterocycles. The van der Waals surface area contributed by atoms with Crippen molar-refractivity contribution < 1.29 is 39.9 Å². The van der Waals surface area contributed by atoms with Crippen LogP contribution in [0.15, 0.2) is 17.4 Å². The van der Waals surface area contributed by atoms with Gasteiger partial charge in [-0.25, -0.2) is 0 Å². The molecule has 1 fully saturated rings. The van der Waals surface area contributed by atoms with Gasteiger partial charge in [0.05, 0.1) is 28.3 Å². The molecule has 7 atom stereocenters. The van der Waals surface area contributed by atoms with Crippen LogP contribution in [0.4, 0.5) is 5.69 Å². The number of rotatable bonds is 1. The maximum Gasteiger partial charge on any atom is 0.255 e. The van der Waals surface area contributed by atoms with Crippen LogP contribution >= 0.6 is 11.6 Å². The minimum absolute atomic E-state index is 0.00350. The number of hydrogen-bond acceptors (Lipinski definition) is 9. The number of aliphatic hydroxyl groups is 4. The van der Waals surface area contributed by atoms with Crippen LogP contribution in [0, 0.1) is 17.8 Å². The second-order valence-electron chi connectivity index (χ2n) is 8.42. The molecule has 10 nitrogen and oxygen atoms in total. The fraction of sp³-hybridized carbons (Fsp3) is 0.450. The first-order chi connectivity index (χ1) is 14.3. The molecule has 5 unspecified atom stereocenters. The van der Waals surface area contributed by atoms with Crippen LogP contribution in [0.3, 0.4) is 0 Å². The summed E-state index contributed by atoms with van der Waals surface area (Å²) in [6.45, 7) is 1.63. The van der Waals surface area contributed by atoms with E-state index in [4.69, 9.17) is 23.1 Å². The third-order valence-electron chi connectivity index (χ3n) is 7.06. The molecule has 3 aliphatic carbocycles. The Bertz CT molecular complexity index is 1090. The zero-order valence-corrected chi connectivity index (χ0v) is 17.0. The Balaban J connectivity index is 1.95. The minimum atomic E-state index is -2.68. The predicted octanol–water partition coefficient (Wildman–Crippen LogP) is -0.487. The summed E-state index contributed by atoms with van der Waals surface area (Å²) in [5, 5.41) is 54.5. The van der Waals surface area contributed by atoms with Crippen molar-refractivity contribution in [3.63, 3.8) is 0 Å². The van der Waals surface area contributed by atoms with Gasteiger partial charge in [-0.2, -0.15) is 0 Å². The molecule has 1 aromatic rings. The van der Waals surface area contributed by atoms with Gasteiger partial charge in [-0.05, 0) is 17.5 Å². The van der Waals surface area contributed by atoms with Crippen molar-refractivity contribution in [3.05, 3.63) is 33.5 Å². The van der Waals surface area contributed by atoms with Gasteiger partial charge >= 0.3 is 0 Å². The van der Waals surface area contributed by atoms with Crippen LogP contribution in [-0.2, 0) is 9.59 Å². The Hall–Kier alpha value is -2.66. The smallest absolute Gasteiger partial charge is 0.255 e. The number of ketones is 2. The highest BCUT2D eigenvalue weighted by Crippen LogP contribution is 2.57. The quantitative estimate of drug-likeness (QED) is 0.166. The molecular formula is C20H21ClN2O8. The van der Waals surface area contributed by atoms with Gasteiger partial charge in [-0.3, -0.25) is 14.4 Å². The van der Waals surface area contributed by atoms with E-state index in [1.54, 1.807) is 6.92 Å². The Morgan fingerprint density at radius 2 is 1.87 bits per heavy atom. The Morgan fingerprint density at radius 1 is 1.26 bits per heavy atom. The van der Waals surface area contributed by atoms with Gasteiger partial charge in [0.1, 0.15) is 17.4 Å². The summed E-state index contributed by atoms with van der Waals surface area (Å²) in [6, 6.07) is 1.39. The molecule has 166 valence electrons. The molecule has 0 heterocycles. The molecule has 3 aliphatic rings. The van der Waals surface area contributed by atoms with Crippen molar-refractivity contribution in [1.29, 1.82) is 0 Å². The number of phenolic OH excluding ortho intramolecular Hbond substituents is 1. The fourth-order valence-corrected chi connectivity index (χ4v) is 5.72. The summed E-state index contributed by atoms with van der Waals surface area (Å²) >= 11 is 6.05. The van der Waals surface area contributed by atoms with E-state index in [0.29, 0.717) is 5.56 Å². The summed E-state index contributed by atoms with van der Waals surface area (Å²) in [7, 11) is 0. The van der Waals surface area contributed by atoms with E-state index in [0.717, 1.165) is 0 Å². The number of nitrogen functional groups attached to an aromatic ring is 1. The normalized spacial score (nSPS) is 37.2. The van der Waals surface area contributed by atoms with Gasteiger partial charge in [-0.15, -0.1) is 0 Å². The van der Waals surface area contributed by atoms with Crippen LogP contribution in [0.25, 0.3) is 0 Å². The third kappa shape index (κ3) is 2.53. The highest BCUT2D eigenvalue weighted by molar-refractivity contribution is 6.34. The van der Waals surface area contributed by atoms with Crippen LogP contribution in [0.2, 0.25) is 5.02 Å². The third-order valence-corrected chi connectivity index (χ3v) is 7.37. The van der Waals surface area contributed by atoms with Crippen LogP contribution < -0.4 is 11.5 Å². The number of halogens is 1. The lowest BCUT2D eigenvalue weighted by Crippen LogP contribution is -2.69. The number of anilines is 1. The van der Waals surface area contributed by atoms with Crippen molar-refractivity contribution in [2.45, 2.75) is 37.1 Å². The van der Waals surface area contributed by atoms with Gasteiger partial charge in [0.2, 0.25) is 0 Å². The van der Waals surface area contributed by atoms with E-state index >= 15 is 0 Å². The van der Waals surface area contributed by atoms with Crippen LogP contribution in [0.1, 0.15) is 35.2 Å². The summed E-state index contributed by atoms with van der Waals surface area (Å²) < 4.78 is 0. The number of benzene rings is 1. The molecule has 4 rings (SSSR count). The Labute approximate surface area is 180 Å². The zero-order valence-electron chi connectivity index (χ0n) is 16.2. The highest BCUT2D eigenvalue weighted by Gasteiger charge is 2.67. The topological polar surface area (TPSA) is 204 Å². The molecule has 0 radical (unpaired) electrons. The standard InChI is InChI=1S/C20H21ClN2O8/c1-4-5-2-7(21)13(22)16(27)10(5)15(26)12-9(4)14(25)6-3-8(24)11(19(23)30)17(28)20(6,31)18(12)29/h2,4,6,9,12,14,18,25,27-29,31H,3,22H2,1H3,(H2,23,30)/t4-,6?,9?,12?,14-,18?,20?/m1/s1. The first-order valence-electron chi connectivity index (χ1n) is 9.55.